The summed E-state index contributed by atoms with van der Waals surface area (Å²) in [6.45, 7) is 16.5. The highest BCUT2D eigenvalue weighted by molar-refractivity contribution is 5.86. The van der Waals surface area contributed by atoms with E-state index in [1.165, 1.54) is 25.7 Å². The molecule has 0 saturated carbocycles. The van der Waals surface area contributed by atoms with Gasteiger partial charge in [-0.2, -0.15) is 0 Å². The minimum Gasteiger partial charge on any atom is -0.465 e. The van der Waals surface area contributed by atoms with Gasteiger partial charge in [-0.15, -0.1) is 0 Å². The number of hydrogen-bond donors (Lipinski definition) is 0. The van der Waals surface area contributed by atoms with Crippen LogP contribution in [0.2, 0.25) is 0 Å². The van der Waals surface area contributed by atoms with Crippen LogP contribution >= 0.6 is 0 Å². The average Bonchev–Trinajstić information content (AvgIpc) is 2.61. The topological polar surface area (TPSA) is 61.8 Å². The van der Waals surface area contributed by atoms with Gasteiger partial charge in [0.1, 0.15) is 0 Å². The van der Waals surface area contributed by atoms with Crippen molar-refractivity contribution in [2.45, 2.75) is 105 Å². The third kappa shape index (κ3) is 18.4. The third-order valence-electron chi connectivity index (χ3n) is 4.38. The number of unbranched alkanes of at least 4 members (excludes halogenated alkanes) is 7. The van der Waals surface area contributed by atoms with Crippen LogP contribution in [-0.2, 0) is 23.8 Å². The molecule has 5 nitrogen and oxygen atoms in total. The first-order valence-electron chi connectivity index (χ1n) is 11.1. The van der Waals surface area contributed by atoms with Gasteiger partial charge in [0, 0.05) is 24.0 Å². The molecule has 0 rings (SSSR count). The number of ether oxygens (including phenoxy) is 3. The molecule has 0 aliphatic carbocycles. The predicted octanol–water partition coefficient (Wildman–Crippen LogP) is 6.00. The molecule has 0 unspecified atom stereocenters. The molecule has 0 aliphatic rings. The molecule has 0 aromatic heterocycles. The summed E-state index contributed by atoms with van der Waals surface area (Å²) in [5.41, 5.74) is -0.0695. The Kier molecular flexibility index (Phi) is 13.9. The van der Waals surface area contributed by atoms with Crippen LogP contribution in [0.15, 0.2) is 12.2 Å². The summed E-state index contributed by atoms with van der Waals surface area (Å²) in [6.07, 6.45) is 9.60. The van der Waals surface area contributed by atoms with Gasteiger partial charge in [-0.3, -0.25) is 4.79 Å². The Morgan fingerprint density at radius 3 is 1.76 bits per heavy atom. The molecule has 5 heteroatoms. The van der Waals surface area contributed by atoms with Gasteiger partial charge in [-0.25, -0.2) is 4.79 Å². The van der Waals surface area contributed by atoms with E-state index in [9.17, 15) is 9.59 Å². The Bertz CT molecular complexity index is 488. The van der Waals surface area contributed by atoms with E-state index in [1.54, 1.807) is 6.92 Å². The quantitative estimate of drug-likeness (QED) is 0.177. The molecule has 0 bridgehead atoms. The van der Waals surface area contributed by atoms with E-state index in [4.69, 9.17) is 14.2 Å². The van der Waals surface area contributed by atoms with Crippen LogP contribution in [0, 0.1) is 5.41 Å². The lowest BCUT2D eigenvalue weighted by Gasteiger charge is -2.23. The van der Waals surface area contributed by atoms with Crippen molar-refractivity contribution < 1.29 is 23.8 Å². The van der Waals surface area contributed by atoms with E-state index < -0.39 is 11.4 Å². The summed E-state index contributed by atoms with van der Waals surface area (Å²) in [4.78, 5) is 23.3. The van der Waals surface area contributed by atoms with Crippen molar-refractivity contribution in [3.63, 3.8) is 0 Å². The van der Waals surface area contributed by atoms with Gasteiger partial charge in [0.05, 0.1) is 18.8 Å². The van der Waals surface area contributed by atoms with Crippen LogP contribution in [0.25, 0.3) is 0 Å². The third-order valence-corrected chi connectivity index (χ3v) is 4.38. The molecular formula is C24H44O5. The SMILES string of the molecule is C=C(C)C(=O)OCC(C)(C)COC(=O)CCCCCCCCCCOC(C)(C)C. The van der Waals surface area contributed by atoms with Crippen molar-refractivity contribution in [2.24, 2.45) is 5.41 Å². The van der Waals surface area contributed by atoms with Crippen molar-refractivity contribution in [1.29, 1.82) is 0 Å². The second-order valence-electron chi connectivity index (χ2n) is 9.72. The lowest BCUT2D eigenvalue weighted by atomic mass is 9.96. The summed E-state index contributed by atoms with van der Waals surface area (Å²) in [5, 5.41) is 0. The second-order valence-corrected chi connectivity index (χ2v) is 9.72. The lowest BCUT2D eigenvalue weighted by Crippen LogP contribution is -2.28. The summed E-state index contributed by atoms with van der Waals surface area (Å²) in [6, 6.07) is 0. The summed E-state index contributed by atoms with van der Waals surface area (Å²) >= 11 is 0. The standard InChI is InChI=1S/C24H44O5/c1-20(2)22(26)28-19-24(6,7)18-27-21(25)16-14-12-10-8-9-11-13-15-17-29-23(3,4)5/h1,8-19H2,2-7H3. The number of hydrogen-bond acceptors (Lipinski definition) is 5. The maximum absolute atomic E-state index is 11.9. The number of carbonyl (C=O) groups excluding carboxylic acids is 2. The van der Waals surface area contributed by atoms with Crippen LogP contribution < -0.4 is 0 Å². The van der Waals surface area contributed by atoms with Crippen LogP contribution in [0.3, 0.4) is 0 Å². The molecule has 0 fully saturated rings. The van der Waals surface area contributed by atoms with E-state index in [0.29, 0.717) is 12.0 Å². The van der Waals surface area contributed by atoms with Gasteiger partial charge < -0.3 is 14.2 Å². The molecule has 0 aliphatic heterocycles. The summed E-state index contributed by atoms with van der Waals surface area (Å²) in [7, 11) is 0. The molecular weight excluding hydrogens is 368 g/mol. The van der Waals surface area contributed by atoms with Crippen LogP contribution in [-0.4, -0.2) is 37.4 Å². The predicted molar refractivity (Wildman–Crippen MR) is 118 cm³/mol. The highest BCUT2D eigenvalue weighted by Crippen LogP contribution is 2.18. The lowest BCUT2D eigenvalue weighted by molar-refractivity contribution is -0.150. The van der Waals surface area contributed by atoms with Crippen molar-refractivity contribution in [3.05, 3.63) is 12.2 Å². The second kappa shape index (κ2) is 14.6. The zero-order chi connectivity index (χ0) is 22.3. The number of carbonyl (C=O) groups is 2. The minimum atomic E-state index is -0.414. The Morgan fingerprint density at radius 1 is 0.759 bits per heavy atom. The van der Waals surface area contributed by atoms with E-state index in [1.807, 2.05) is 13.8 Å². The first-order valence-corrected chi connectivity index (χ1v) is 11.1. The fourth-order valence-corrected chi connectivity index (χ4v) is 2.58. The zero-order valence-electron chi connectivity index (χ0n) is 19.7. The van der Waals surface area contributed by atoms with Crippen molar-refractivity contribution in [2.75, 3.05) is 19.8 Å². The Labute approximate surface area is 178 Å². The number of rotatable bonds is 16. The Balaban J connectivity index is 3.58. The van der Waals surface area contributed by atoms with Crippen molar-refractivity contribution >= 4 is 11.9 Å². The maximum atomic E-state index is 11.9. The average molecular weight is 413 g/mol. The highest BCUT2D eigenvalue weighted by Gasteiger charge is 2.23. The normalized spacial score (nSPS) is 11.9. The zero-order valence-corrected chi connectivity index (χ0v) is 19.7. The molecule has 170 valence electrons. The van der Waals surface area contributed by atoms with Crippen molar-refractivity contribution in [1.82, 2.24) is 0 Å². The van der Waals surface area contributed by atoms with Gasteiger partial charge in [0.15, 0.2) is 0 Å². The largest absolute Gasteiger partial charge is 0.465 e. The Hall–Kier alpha value is -1.36. The van der Waals surface area contributed by atoms with E-state index in [-0.39, 0.29) is 24.8 Å². The van der Waals surface area contributed by atoms with Crippen LogP contribution in [0.4, 0.5) is 0 Å². The van der Waals surface area contributed by atoms with Gasteiger partial charge in [0.2, 0.25) is 0 Å². The van der Waals surface area contributed by atoms with Gasteiger partial charge >= 0.3 is 11.9 Å². The molecule has 0 radical (unpaired) electrons. The molecule has 29 heavy (non-hydrogen) atoms. The number of esters is 2. The highest BCUT2D eigenvalue weighted by atomic mass is 16.5. The monoisotopic (exact) mass is 412 g/mol. The summed E-state index contributed by atoms with van der Waals surface area (Å²) < 4.78 is 16.2. The first-order chi connectivity index (χ1) is 13.4. The fraction of sp³-hybridized carbons (Fsp3) is 0.833. The van der Waals surface area contributed by atoms with E-state index >= 15 is 0 Å². The van der Waals surface area contributed by atoms with E-state index in [2.05, 4.69) is 27.4 Å². The molecule has 0 heterocycles. The van der Waals surface area contributed by atoms with Gasteiger partial charge in [0.25, 0.3) is 0 Å². The summed E-state index contributed by atoms with van der Waals surface area (Å²) in [5.74, 6) is -0.592. The molecule has 0 N–H and O–H groups in total. The van der Waals surface area contributed by atoms with Crippen molar-refractivity contribution in [3.8, 4) is 0 Å². The first kappa shape index (κ1) is 27.6. The molecule has 0 spiro atoms. The molecule has 0 aromatic rings. The van der Waals surface area contributed by atoms with Crippen LogP contribution in [0.1, 0.15) is 99.3 Å². The van der Waals surface area contributed by atoms with Crippen LogP contribution in [0.5, 0.6) is 0 Å². The van der Waals surface area contributed by atoms with Gasteiger partial charge in [-0.05, 0) is 40.5 Å². The van der Waals surface area contributed by atoms with Gasteiger partial charge in [-0.1, -0.05) is 59.0 Å². The fourth-order valence-electron chi connectivity index (χ4n) is 2.58. The molecule has 0 amide bonds. The molecule has 0 aromatic carbocycles. The van der Waals surface area contributed by atoms with E-state index in [0.717, 1.165) is 32.3 Å². The molecule has 0 saturated heterocycles. The minimum absolute atomic E-state index is 0.0334. The maximum Gasteiger partial charge on any atom is 0.333 e. The smallest absolute Gasteiger partial charge is 0.333 e. The molecule has 0 atom stereocenters. The Morgan fingerprint density at radius 2 is 1.24 bits per heavy atom.